The first-order valence-electron chi connectivity index (χ1n) is 9.10. The number of carbonyl (C=O) groups is 1. The van der Waals surface area contributed by atoms with Gasteiger partial charge in [0.2, 0.25) is 0 Å². The number of nitrogens with one attached hydrogen (secondary N) is 1. The molecule has 1 aliphatic rings. The summed E-state index contributed by atoms with van der Waals surface area (Å²) in [6.07, 6.45) is -0.0790. The number of nitrogen functional groups attached to an aromatic ring is 1. The summed E-state index contributed by atoms with van der Waals surface area (Å²) < 4.78 is 38.8. The number of halogens is 4. The zero-order valence-corrected chi connectivity index (χ0v) is 16.2. The molecule has 9 heteroatoms. The van der Waals surface area contributed by atoms with Crippen LogP contribution in [0.5, 0.6) is 0 Å². The number of alkyl halides is 3. The first-order chi connectivity index (χ1) is 13.8. The molecule has 1 aliphatic heterocycles. The van der Waals surface area contributed by atoms with Crippen LogP contribution in [-0.2, 0) is 6.18 Å². The van der Waals surface area contributed by atoms with E-state index in [0.717, 1.165) is 50.0 Å². The molecule has 0 unspecified atom stereocenters. The Morgan fingerprint density at radius 2 is 1.86 bits per heavy atom. The average molecular weight is 425 g/mol. The number of benzene rings is 2. The molecule has 2 aromatic carbocycles. The first kappa shape index (κ1) is 21.0. The number of nitrogens with two attached hydrogens (primary N) is 1. The molecule has 0 aromatic heterocycles. The van der Waals surface area contributed by atoms with Crippen LogP contribution in [0.25, 0.3) is 0 Å². The lowest BCUT2D eigenvalue weighted by atomic mass is 10.1. The van der Waals surface area contributed by atoms with Crippen molar-refractivity contribution in [3.8, 4) is 0 Å². The Morgan fingerprint density at radius 1 is 1.14 bits per heavy atom. The Labute approximate surface area is 171 Å². The quantitative estimate of drug-likeness (QED) is 0.424. The van der Waals surface area contributed by atoms with Crippen LogP contribution in [0.4, 0.5) is 24.5 Å². The second kappa shape index (κ2) is 8.73. The third kappa shape index (κ3) is 5.20. The minimum Gasteiger partial charge on any atom is -0.398 e. The van der Waals surface area contributed by atoms with Crippen molar-refractivity contribution in [2.75, 3.05) is 23.7 Å². The summed E-state index contributed by atoms with van der Waals surface area (Å²) in [7, 11) is 0. The Bertz CT molecular complexity index is 924. The molecular formula is C20H20ClF3N4O. The molecule has 1 fully saturated rings. The van der Waals surface area contributed by atoms with Crippen molar-refractivity contribution < 1.29 is 18.0 Å². The second-order valence-corrected chi connectivity index (χ2v) is 7.16. The molecule has 154 valence electrons. The summed E-state index contributed by atoms with van der Waals surface area (Å²) >= 11 is 5.59. The molecule has 3 N–H and O–H groups in total. The molecule has 0 radical (unpaired) electrons. The predicted molar refractivity (Wildman–Crippen MR) is 108 cm³/mol. The number of nitrogens with zero attached hydrogens (tertiary/aromatic N) is 2. The Morgan fingerprint density at radius 3 is 2.55 bits per heavy atom. The molecule has 0 aliphatic carbocycles. The van der Waals surface area contributed by atoms with Gasteiger partial charge in [0.15, 0.2) is 0 Å². The molecule has 1 heterocycles. The van der Waals surface area contributed by atoms with Crippen molar-refractivity contribution in [2.24, 2.45) is 5.10 Å². The van der Waals surface area contributed by atoms with Crippen LogP contribution in [0.3, 0.4) is 0 Å². The Kier molecular flexibility index (Phi) is 6.32. The van der Waals surface area contributed by atoms with Gasteiger partial charge >= 0.3 is 6.18 Å². The van der Waals surface area contributed by atoms with Crippen LogP contribution in [0, 0.1) is 0 Å². The zero-order valence-electron chi connectivity index (χ0n) is 15.5. The van der Waals surface area contributed by atoms with Crippen molar-refractivity contribution in [1.29, 1.82) is 0 Å². The van der Waals surface area contributed by atoms with Gasteiger partial charge in [-0.15, -0.1) is 0 Å². The van der Waals surface area contributed by atoms with E-state index < -0.39 is 22.7 Å². The van der Waals surface area contributed by atoms with Gasteiger partial charge in [0.05, 0.1) is 22.4 Å². The molecule has 1 amide bonds. The summed E-state index contributed by atoms with van der Waals surface area (Å²) in [5.74, 6) is -0.539. The van der Waals surface area contributed by atoms with E-state index in [1.807, 2.05) is 6.07 Å². The van der Waals surface area contributed by atoms with Crippen molar-refractivity contribution in [3.05, 3.63) is 58.1 Å². The van der Waals surface area contributed by atoms with Gasteiger partial charge in [-0.1, -0.05) is 17.7 Å². The van der Waals surface area contributed by atoms with Gasteiger partial charge in [-0.05, 0) is 55.2 Å². The number of hydrogen-bond acceptors (Lipinski definition) is 4. The molecule has 0 bridgehead atoms. The third-order valence-electron chi connectivity index (χ3n) is 4.68. The summed E-state index contributed by atoms with van der Waals surface area (Å²) in [5.41, 5.74) is 8.87. The number of piperidine rings is 1. The number of rotatable bonds is 4. The fourth-order valence-corrected chi connectivity index (χ4v) is 3.38. The van der Waals surface area contributed by atoms with E-state index in [9.17, 15) is 18.0 Å². The maximum Gasteiger partial charge on any atom is 0.417 e. The minimum atomic E-state index is -4.58. The van der Waals surface area contributed by atoms with Gasteiger partial charge in [-0.2, -0.15) is 18.3 Å². The van der Waals surface area contributed by atoms with Gasteiger partial charge in [0.1, 0.15) is 0 Å². The molecular weight excluding hydrogens is 405 g/mol. The van der Waals surface area contributed by atoms with Crippen molar-refractivity contribution in [3.63, 3.8) is 0 Å². The number of carbonyl (C=O) groups excluding carboxylic acids is 1. The number of amides is 1. The maximum absolute atomic E-state index is 12.9. The van der Waals surface area contributed by atoms with Gasteiger partial charge in [0.25, 0.3) is 5.91 Å². The lowest BCUT2D eigenvalue weighted by molar-refractivity contribution is -0.137. The van der Waals surface area contributed by atoms with E-state index in [2.05, 4.69) is 15.4 Å². The molecule has 0 atom stereocenters. The Balaban J connectivity index is 1.72. The summed E-state index contributed by atoms with van der Waals surface area (Å²) in [6.45, 7) is 1.84. The van der Waals surface area contributed by atoms with E-state index in [1.54, 1.807) is 12.1 Å². The van der Waals surface area contributed by atoms with Gasteiger partial charge in [-0.25, -0.2) is 5.43 Å². The monoisotopic (exact) mass is 424 g/mol. The SMILES string of the molecule is Nc1ccc(N2CCCCC2)cc1C(=O)N/N=C\c1ccc(Cl)c(C(F)(F)F)c1. The van der Waals surface area contributed by atoms with E-state index in [0.29, 0.717) is 5.69 Å². The lowest BCUT2D eigenvalue weighted by Crippen LogP contribution is -2.29. The molecule has 1 saturated heterocycles. The van der Waals surface area contributed by atoms with Crippen LogP contribution in [0.1, 0.15) is 40.7 Å². The second-order valence-electron chi connectivity index (χ2n) is 6.76. The average Bonchev–Trinajstić information content (AvgIpc) is 2.69. The maximum atomic E-state index is 12.9. The Hall–Kier alpha value is -2.74. The van der Waals surface area contributed by atoms with Crippen LogP contribution in [0.15, 0.2) is 41.5 Å². The van der Waals surface area contributed by atoms with Crippen LogP contribution in [-0.4, -0.2) is 25.2 Å². The smallest absolute Gasteiger partial charge is 0.398 e. The normalized spacial score (nSPS) is 15.0. The van der Waals surface area contributed by atoms with Gasteiger partial charge < -0.3 is 10.6 Å². The van der Waals surface area contributed by atoms with Crippen LogP contribution < -0.4 is 16.1 Å². The number of hydrogen-bond donors (Lipinski definition) is 2. The third-order valence-corrected chi connectivity index (χ3v) is 5.01. The van der Waals surface area contributed by atoms with E-state index in [-0.39, 0.29) is 11.1 Å². The highest BCUT2D eigenvalue weighted by atomic mass is 35.5. The van der Waals surface area contributed by atoms with Crippen molar-refractivity contribution >= 4 is 35.1 Å². The highest BCUT2D eigenvalue weighted by molar-refractivity contribution is 6.31. The van der Waals surface area contributed by atoms with Crippen molar-refractivity contribution in [2.45, 2.75) is 25.4 Å². The van der Waals surface area contributed by atoms with Crippen LogP contribution >= 0.6 is 11.6 Å². The van der Waals surface area contributed by atoms with Gasteiger partial charge in [-0.3, -0.25) is 4.79 Å². The van der Waals surface area contributed by atoms with Gasteiger partial charge in [0, 0.05) is 24.5 Å². The molecule has 29 heavy (non-hydrogen) atoms. The fraction of sp³-hybridized carbons (Fsp3) is 0.300. The predicted octanol–water partition coefficient (Wildman–Crippen LogP) is 4.70. The highest BCUT2D eigenvalue weighted by Gasteiger charge is 2.33. The summed E-state index contributed by atoms with van der Waals surface area (Å²) in [5, 5.41) is 3.35. The number of hydrazone groups is 1. The molecule has 2 aromatic rings. The van der Waals surface area contributed by atoms with Crippen molar-refractivity contribution in [1.82, 2.24) is 5.43 Å². The molecule has 3 rings (SSSR count). The highest BCUT2D eigenvalue weighted by Crippen LogP contribution is 2.34. The topological polar surface area (TPSA) is 70.7 Å². The first-order valence-corrected chi connectivity index (χ1v) is 9.48. The fourth-order valence-electron chi connectivity index (χ4n) is 3.16. The lowest BCUT2D eigenvalue weighted by Gasteiger charge is -2.29. The summed E-state index contributed by atoms with van der Waals surface area (Å²) in [4.78, 5) is 14.6. The summed E-state index contributed by atoms with van der Waals surface area (Å²) in [6, 6.07) is 8.61. The largest absolute Gasteiger partial charge is 0.417 e. The minimum absolute atomic E-state index is 0.150. The zero-order chi connectivity index (χ0) is 21.0. The van der Waals surface area contributed by atoms with E-state index in [4.69, 9.17) is 17.3 Å². The number of anilines is 2. The van der Waals surface area contributed by atoms with Crippen LogP contribution in [0.2, 0.25) is 5.02 Å². The molecule has 0 saturated carbocycles. The molecule has 5 nitrogen and oxygen atoms in total. The standard InChI is InChI=1S/C20H20ClF3N4O/c21-17-6-4-13(10-16(17)20(22,23)24)12-26-27-19(29)15-11-14(5-7-18(15)25)28-8-2-1-3-9-28/h4-7,10-12H,1-3,8-9,25H2,(H,27,29)/b26-12-. The van der Waals surface area contributed by atoms with E-state index >= 15 is 0 Å². The molecule has 0 spiro atoms. The van der Waals surface area contributed by atoms with E-state index in [1.165, 1.54) is 12.5 Å².